The summed E-state index contributed by atoms with van der Waals surface area (Å²) in [6.07, 6.45) is 8.95. The molecule has 5 heteroatoms. The van der Waals surface area contributed by atoms with E-state index >= 15 is 0 Å². The molecule has 0 fully saturated rings. The largest absolute Gasteiger partial charge is 0.383 e. The van der Waals surface area contributed by atoms with Gasteiger partial charge >= 0.3 is 0 Å². The van der Waals surface area contributed by atoms with Gasteiger partial charge in [-0.15, -0.1) is 0 Å². The Bertz CT molecular complexity index is 617. The van der Waals surface area contributed by atoms with Crippen molar-refractivity contribution in [1.29, 1.82) is 0 Å². The SMILES string of the molecule is Nc1nc(N2C=NC=CC2)cc2ccncc12. The zero-order chi connectivity index (χ0) is 11.7. The van der Waals surface area contributed by atoms with Crippen LogP contribution in [0.4, 0.5) is 11.6 Å². The van der Waals surface area contributed by atoms with E-state index in [0.717, 1.165) is 23.1 Å². The molecule has 5 nitrogen and oxygen atoms in total. The van der Waals surface area contributed by atoms with Crippen LogP contribution in [0, 0.1) is 0 Å². The molecule has 0 amide bonds. The van der Waals surface area contributed by atoms with Gasteiger partial charge in [0.25, 0.3) is 0 Å². The van der Waals surface area contributed by atoms with Crippen molar-refractivity contribution >= 4 is 28.7 Å². The van der Waals surface area contributed by atoms with Crippen molar-refractivity contribution in [3.8, 4) is 0 Å². The lowest BCUT2D eigenvalue weighted by Gasteiger charge is -2.19. The number of rotatable bonds is 1. The van der Waals surface area contributed by atoms with Gasteiger partial charge in [0, 0.05) is 30.5 Å². The number of nitrogens with zero attached hydrogens (tertiary/aromatic N) is 4. The van der Waals surface area contributed by atoms with Crippen LogP contribution in [0.3, 0.4) is 0 Å². The molecule has 0 atom stereocenters. The van der Waals surface area contributed by atoms with Gasteiger partial charge in [0.15, 0.2) is 0 Å². The van der Waals surface area contributed by atoms with E-state index in [-0.39, 0.29) is 0 Å². The second-order valence-electron chi connectivity index (χ2n) is 3.76. The van der Waals surface area contributed by atoms with Crippen LogP contribution >= 0.6 is 0 Å². The van der Waals surface area contributed by atoms with Gasteiger partial charge in [0.05, 0.1) is 6.34 Å². The van der Waals surface area contributed by atoms with Crippen LogP contribution in [0.1, 0.15) is 0 Å². The molecule has 0 radical (unpaired) electrons. The molecule has 0 aromatic carbocycles. The van der Waals surface area contributed by atoms with Gasteiger partial charge in [-0.1, -0.05) is 0 Å². The fourth-order valence-corrected chi connectivity index (χ4v) is 1.79. The molecule has 1 aliphatic rings. The van der Waals surface area contributed by atoms with E-state index in [1.54, 1.807) is 24.9 Å². The average molecular weight is 225 g/mol. The first-order valence-corrected chi connectivity index (χ1v) is 5.30. The molecule has 0 bridgehead atoms. The minimum absolute atomic E-state index is 0.494. The number of aromatic nitrogens is 2. The van der Waals surface area contributed by atoms with Crippen molar-refractivity contribution in [1.82, 2.24) is 9.97 Å². The van der Waals surface area contributed by atoms with Crippen molar-refractivity contribution in [2.24, 2.45) is 4.99 Å². The van der Waals surface area contributed by atoms with E-state index in [4.69, 9.17) is 5.73 Å². The molecule has 2 aromatic rings. The molecule has 0 unspecified atom stereocenters. The molecule has 3 heterocycles. The van der Waals surface area contributed by atoms with E-state index in [9.17, 15) is 0 Å². The molecule has 2 N–H and O–H groups in total. The smallest absolute Gasteiger partial charge is 0.137 e. The van der Waals surface area contributed by atoms with Crippen LogP contribution in [0.15, 0.2) is 41.8 Å². The summed E-state index contributed by atoms with van der Waals surface area (Å²) in [4.78, 5) is 14.4. The molecule has 0 aliphatic carbocycles. The minimum atomic E-state index is 0.494. The predicted molar refractivity (Wildman–Crippen MR) is 68.9 cm³/mol. The maximum Gasteiger partial charge on any atom is 0.137 e. The second kappa shape index (κ2) is 3.86. The third-order valence-corrected chi connectivity index (χ3v) is 2.64. The lowest BCUT2D eigenvalue weighted by molar-refractivity contribution is 1.08. The molecular formula is C12H11N5. The molecule has 3 rings (SSSR count). The average Bonchev–Trinajstić information content (AvgIpc) is 2.40. The zero-order valence-corrected chi connectivity index (χ0v) is 9.11. The number of hydrogen-bond acceptors (Lipinski definition) is 5. The first kappa shape index (κ1) is 9.77. The molecule has 0 spiro atoms. The molecule has 2 aromatic heterocycles. The highest BCUT2D eigenvalue weighted by Crippen LogP contribution is 2.23. The van der Waals surface area contributed by atoms with Crippen molar-refractivity contribution < 1.29 is 0 Å². The lowest BCUT2D eigenvalue weighted by Crippen LogP contribution is -2.24. The Labute approximate surface area is 98.3 Å². The van der Waals surface area contributed by atoms with Crippen molar-refractivity contribution in [2.75, 3.05) is 17.2 Å². The van der Waals surface area contributed by atoms with Gasteiger partial charge in [-0.3, -0.25) is 4.98 Å². The normalized spacial score (nSPS) is 14.5. The number of nitrogen functional groups attached to an aromatic ring is 1. The number of pyridine rings is 2. The van der Waals surface area contributed by atoms with E-state index in [0.29, 0.717) is 5.82 Å². The van der Waals surface area contributed by atoms with Crippen LogP contribution in [-0.2, 0) is 0 Å². The summed E-state index contributed by atoms with van der Waals surface area (Å²) in [5.74, 6) is 1.29. The fourth-order valence-electron chi connectivity index (χ4n) is 1.79. The van der Waals surface area contributed by atoms with Crippen LogP contribution in [0.5, 0.6) is 0 Å². The van der Waals surface area contributed by atoms with Crippen LogP contribution < -0.4 is 10.6 Å². The van der Waals surface area contributed by atoms with Gasteiger partial charge in [-0.2, -0.15) is 0 Å². The predicted octanol–water partition coefficient (Wildman–Crippen LogP) is 1.57. The first-order chi connectivity index (χ1) is 8.34. The highest BCUT2D eigenvalue weighted by molar-refractivity contribution is 5.94. The fraction of sp³-hybridized carbons (Fsp3) is 0.0833. The quantitative estimate of drug-likeness (QED) is 0.800. The Balaban J connectivity index is 2.12. The van der Waals surface area contributed by atoms with E-state index < -0.39 is 0 Å². The number of fused-ring (bicyclic) bond motifs is 1. The lowest BCUT2D eigenvalue weighted by atomic mass is 10.2. The summed E-state index contributed by atoms with van der Waals surface area (Å²) in [5, 5.41) is 1.91. The minimum Gasteiger partial charge on any atom is -0.383 e. The van der Waals surface area contributed by atoms with Crippen molar-refractivity contribution in [2.45, 2.75) is 0 Å². The maximum atomic E-state index is 5.92. The Morgan fingerprint density at radius 3 is 3.12 bits per heavy atom. The zero-order valence-electron chi connectivity index (χ0n) is 9.11. The number of hydrogen-bond donors (Lipinski definition) is 1. The number of nitrogens with two attached hydrogens (primary N) is 1. The van der Waals surface area contributed by atoms with E-state index in [1.807, 2.05) is 23.1 Å². The Kier molecular flexibility index (Phi) is 2.22. The van der Waals surface area contributed by atoms with Crippen LogP contribution in [0.2, 0.25) is 0 Å². The number of anilines is 2. The van der Waals surface area contributed by atoms with Crippen molar-refractivity contribution in [3.63, 3.8) is 0 Å². The summed E-state index contributed by atoms with van der Waals surface area (Å²) in [6, 6.07) is 3.91. The monoisotopic (exact) mass is 225 g/mol. The highest BCUT2D eigenvalue weighted by atomic mass is 15.2. The third kappa shape index (κ3) is 1.71. The van der Waals surface area contributed by atoms with E-state index in [2.05, 4.69) is 15.0 Å². The van der Waals surface area contributed by atoms with Crippen LogP contribution in [-0.4, -0.2) is 22.9 Å². The summed E-state index contributed by atoms with van der Waals surface area (Å²) in [5.41, 5.74) is 5.92. The van der Waals surface area contributed by atoms with Crippen molar-refractivity contribution in [3.05, 3.63) is 36.8 Å². The number of aliphatic imine (C=N–C) groups is 1. The second-order valence-corrected chi connectivity index (χ2v) is 3.76. The summed E-state index contributed by atoms with van der Waals surface area (Å²) >= 11 is 0. The molecule has 84 valence electrons. The summed E-state index contributed by atoms with van der Waals surface area (Å²) in [6.45, 7) is 0.756. The van der Waals surface area contributed by atoms with Gasteiger partial charge in [0.2, 0.25) is 0 Å². The summed E-state index contributed by atoms with van der Waals surface area (Å²) < 4.78 is 0. The van der Waals surface area contributed by atoms with Gasteiger partial charge < -0.3 is 10.6 Å². The van der Waals surface area contributed by atoms with Gasteiger partial charge in [0.1, 0.15) is 11.6 Å². The molecule has 1 aliphatic heterocycles. The summed E-state index contributed by atoms with van der Waals surface area (Å²) in [7, 11) is 0. The van der Waals surface area contributed by atoms with Crippen LogP contribution in [0.25, 0.3) is 10.8 Å². The Morgan fingerprint density at radius 2 is 2.29 bits per heavy atom. The molecule has 0 saturated heterocycles. The Hall–Kier alpha value is -2.43. The van der Waals surface area contributed by atoms with Gasteiger partial charge in [-0.05, 0) is 23.6 Å². The van der Waals surface area contributed by atoms with Gasteiger partial charge in [-0.25, -0.2) is 9.98 Å². The third-order valence-electron chi connectivity index (χ3n) is 2.64. The molecular weight excluding hydrogens is 214 g/mol. The molecule has 0 saturated carbocycles. The molecule has 17 heavy (non-hydrogen) atoms. The standard InChI is InChI=1S/C12H11N5/c13-12-10-7-14-4-2-9(10)6-11(16-12)17-5-1-3-15-8-17/h1-4,6-8H,5H2,(H2,13,16). The Morgan fingerprint density at radius 1 is 1.35 bits per heavy atom. The highest BCUT2D eigenvalue weighted by Gasteiger charge is 2.09. The maximum absolute atomic E-state index is 5.92. The first-order valence-electron chi connectivity index (χ1n) is 5.30. The van der Waals surface area contributed by atoms with E-state index in [1.165, 1.54) is 0 Å². The topological polar surface area (TPSA) is 67.4 Å².